The standard InChI is InChI=1S/C20H29F3O3/c1-3-4-5-6-7-11-16(18(25)13-14(2)24)15-10-8-9-12-17(15)19(26)20(21,22)23/h8-10,12,14,16,18,24-25H,3-7,11,13H2,1-2H3. The van der Waals surface area contributed by atoms with Crippen molar-refractivity contribution in [3.05, 3.63) is 35.4 Å². The fourth-order valence-electron chi connectivity index (χ4n) is 3.22. The van der Waals surface area contributed by atoms with E-state index in [2.05, 4.69) is 6.92 Å². The van der Waals surface area contributed by atoms with Crippen LogP contribution in [-0.4, -0.2) is 34.4 Å². The van der Waals surface area contributed by atoms with Gasteiger partial charge in [-0.1, -0.05) is 63.3 Å². The van der Waals surface area contributed by atoms with Crippen LogP contribution in [0.15, 0.2) is 24.3 Å². The van der Waals surface area contributed by atoms with Gasteiger partial charge in [-0.15, -0.1) is 0 Å². The third kappa shape index (κ3) is 7.08. The highest BCUT2D eigenvalue weighted by Crippen LogP contribution is 2.34. The largest absolute Gasteiger partial charge is 0.454 e. The van der Waals surface area contributed by atoms with Crippen molar-refractivity contribution in [1.29, 1.82) is 0 Å². The molecule has 0 radical (unpaired) electrons. The molecule has 1 aromatic carbocycles. The van der Waals surface area contributed by atoms with E-state index in [1.54, 1.807) is 6.07 Å². The SMILES string of the molecule is CCCCCCCC(c1ccccc1C(=O)C(F)(F)F)C(O)CC(C)O. The Labute approximate surface area is 153 Å². The number of rotatable bonds is 11. The number of Topliss-reactive ketones (excluding diaryl/α,β-unsaturated/α-hetero) is 1. The Kier molecular flexibility index (Phi) is 9.30. The molecule has 0 bridgehead atoms. The lowest BCUT2D eigenvalue weighted by Crippen LogP contribution is -2.28. The van der Waals surface area contributed by atoms with Crippen molar-refractivity contribution in [2.24, 2.45) is 0 Å². The van der Waals surface area contributed by atoms with Crippen LogP contribution in [0.25, 0.3) is 0 Å². The van der Waals surface area contributed by atoms with Crippen LogP contribution in [0.2, 0.25) is 0 Å². The van der Waals surface area contributed by atoms with Crippen LogP contribution in [0.3, 0.4) is 0 Å². The molecular formula is C20H29F3O3. The van der Waals surface area contributed by atoms with E-state index in [-0.39, 0.29) is 12.0 Å². The van der Waals surface area contributed by atoms with Gasteiger partial charge < -0.3 is 10.2 Å². The molecule has 3 unspecified atom stereocenters. The van der Waals surface area contributed by atoms with E-state index in [1.165, 1.54) is 19.1 Å². The monoisotopic (exact) mass is 374 g/mol. The Morgan fingerprint density at radius 1 is 1.08 bits per heavy atom. The molecule has 0 spiro atoms. The van der Waals surface area contributed by atoms with E-state index in [1.807, 2.05) is 0 Å². The van der Waals surface area contributed by atoms with Crippen molar-refractivity contribution in [2.75, 3.05) is 0 Å². The van der Waals surface area contributed by atoms with Gasteiger partial charge in [-0.25, -0.2) is 0 Å². The third-order valence-electron chi connectivity index (χ3n) is 4.53. The normalized spacial score (nSPS) is 15.5. The number of benzene rings is 1. The highest BCUT2D eigenvalue weighted by molar-refractivity contribution is 6.01. The van der Waals surface area contributed by atoms with Crippen molar-refractivity contribution >= 4 is 5.78 Å². The van der Waals surface area contributed by atoms with Crippen LogP contribution in [0.5, 0.6) is 0 Å². The Hall–Kier alpha value is -1.40. The zero-order valence-electron chi connectivity index (χ0n) is 15.4. The van der Waals surface area contributed by atoms with Gasteiger partial charge in [0.1, 0.15) is 0 Å². The molecule has 0 saturated carbocycles. The Bertz CT molecular complexity index is 555. The molecule has 1 aromatic rings. The number of aliphatic hydroxyl groups is 2. The summed E-state index contributed by atoms with van der Waals surface area (Å²) in [4.78, 5) is 11.8. The predicted octanol–water partition coefficient (Wildman–Crippen LogP) is 5.01. The first-order valence-corrected chi connectivity index (χ1v) is 9.25. The summed E-state index contributed by atoms with van der Waals surface area (Å²) < 4.78 is 38.8. The van der Waals surface area contributed by atoms with E-state index < -0.39 is 35.6 Å². The van der Waals surface area contributed by atoms with Gasteiger partial charge in [-0.2, -0.15) is 13.2 Å². The van der Waals surface area contributed by atoms with Crippen LogP contribution in [0, 0.1) is 0 Å². The zero-order chi connectivity index (χ0) is 19.7. The van der Waals surface area contributed by atoms with Crippen LogP contribution >= 0.6 is 0 Å². The smallest absolute Gasteiger partial charge is 0.393 e. The molecule has 3 atom stereocenters. The van der Waals surface area contributed by atoms with E-state index in [9.17, 15) is 28.2 Å². The number of alkyl halides is 3. The minimum Gasteiger partial charge on any atom is -0.393 e. The molecule has 0 heterocycles. The average Bonchev–Trinajstić information content (AvgIpc) is 2.56. The maximum absolute atomic E-state index is 12.9. The molecule has 0 saturated heterocycles. The lowest BCUT2D eigenvalue weighted by atomic mass is 9.82. The van der Waals surface area contributed by atoms with Crippen molar-refractivity contribution in [1.82, 2.24) is 0 Å². The predicted molar refractivity (Wildman–Crippen MR) is 95.2 cm³/mol. The summed E-state index contributed by atoms with van der Waals surface area (Å²) in [5.41, 5.74) is -0.207. The Morgan fingerprint density at radius 3 is 2.27 bits per heavy atom. The summed E-state index contributed by atoms with van der Waals surface area (Å²) in [6.45, 7) is 3.61. The number of hydrogen-bond donors (Lipinski definition) is 2. The van der Waals surface area contributed by atoms with Gasteiger partial charge in [0.05, 0.1) is 12.2 Å². The van der Waals surface area contributed by atoms with E-state index in [0.717, 1.165) is 38.2 Å². The molecule has 1 rings (SSSR count). The lowest BCUT2D eigenvalue weighted by Gasteiger charge is -2.26. The fourth-order valence-corrected chi connectivity index (χ4v) is 3.22. The van der Waals surface area contributed by atoms with Crippen LogP contribution in [0.1, 0.15) is 80.6 Å². The summed E-state index contributed by atoms with van der Waals surface area (Å²) in [6.07, 6.45) is -1.37. The maximum atomic E-state index is 12.9. The van der Waals surface area contributed by atoms with Gasteiger partial charge in [-0.05, 0) is 25.3 Å². The number of ketones is 1. The van der Waals surface area contributed by atoms with Crippen molar-refractivity contribution in [3.63, 3.8) is 0 Å². The number of carbonyl (C=O) groups is 1. The third-order valence-corrected chi connectivity index (χ3v) is 4.53. The summed E-state index contributed by atoms with van der Waals surface area (Å²) in [7, 11) is 0. The van der Waals surface area contributed by atoms with Gasteiger partial charge in [0.15, 0.2) is 0 Å². The lowest BCUT2D eigenvalue weighted by molar-refractivity contribution is -0.0886. The second-order valence-corrected chi connectivity index (χ2v) is 6.88. The molecule has 0 fully saturated rings. The first-order valence-electron chi connectivity index (χ1n) is 9.25. The molecule has 2 N–H and O–H groups in total. The number of aliphatic hydroxyl groups excluding tert-OH is 2. The van der Waals surface area contributed by atoms with Crippen LogP contribution in [0.4, 0.5) is 13.2 Å². The first kappa shape index (κ1) is 22.6. The second kappa shape index (κ2) is 10.7. The van der Waals surface area contributed by atoms with E-state index >= 15 is 0 Å². The molecule has 3 nitrogen and oxygen atoms in total. The van der Waals surface area contributed by atoms with Crippen molar-refractivity contribution in [2.45, 2.75) is 83.1 Å². The molecule has 0 aliphatic rings. The van der Waals surface area contributed by atoms with Gasteiger partial charge in [0, 0.05) is 11.5 Å². The number of unbranched alkanes of at least 4 members (excludes halogenated alkanes) is 4. The highest BCUT2D eigenvalue weighted by atomic mass is 19.4. The quantitative estimate of drug-likeness (QED) is 0.423. The fraction of sp³-hybridized carbons (Fsp3) is 0.650. The number of hydrogen-bond acceptors (Lipinski definition) is 3. The summed E-state index contributed by atoms with van der Waals surface area (Å²) in [5.74, 6) is -2.51. The van der Waals surface area contributed by atoms with Gasteiger partial charge in [-0.3, -0.25) is 4.79 Å². The molecular weight excluding hydrogens is 345 g/mol. The minimum atomic E-state index is -4.96. The summed E-state index contributed by atoms with van der Waals surface area (Å²) in [5, 5.41) is 20.1. The molecule has 148 valence electrons. The summed E-state index contributed by atoms with van der Waals surface area (Å²) in [6, 6.07) is 5.59. The maximum Gasteiger partial charge on any atom is 0.454 e. The average molecular weight is 374 g/mol. The van der Waals surface area contributed by atoms with Gasteiger partial charge in [0.25, 0.3) is 5.78 Å². The van der Waals surface area contributed by atoms with Crippen molar-refractivity contribution < 1.29 is 28.2 Å². The summed E-state index contributed by atoms with van der Waals surface area (Å²) >= 11 is 0. The van der Waals surface area contributed by atoms with E-state index in [0.29, 0.717) is 6.42 Å². The topological polar surface area (TPSA) is 57.5 Å². The molecule has 26 heavy (non-hydrogen) atoms. The molecule has 0 amide bonds. The van der Waals surface area contributed by atoms with Crippen molar-refractivity contribution in [3.8, 4) is 0 Å². The molecule has 0 aliphatic heterocycles. The number of halogens is 3. The highest BCUT2D eigenvalue weighted by Gasteiger charge is 2.41. The molecule has 6 heteroatoms. The van der Waals surface area contributed by atoms with Crippen LogP contribution in [-0.2, 0) is 0 Å². The Morgan fingerprint density at radius 2 is 1.69 bits per heavy atom. The van der Waals surface area contributed by atoms with Gasteiger partial charge >= 0.3 is 6.18 Å². The molecule has 0 aromatic heterocycles. The Balaban J connectivity index is 3.07. The van der Waals surface area contributed by atoms with Crippen LogP contribution < -0.4 is 0 Å². The van der Waals surface area contributed by atoms with E-state index in [4.69, 9.17) is 0 Å². The molecule has 0 aliphatic carbocycles. The zero-order valence-corrected chi connectivity index (χ0v) is 15.4. The van der Waals surface area contributed by atoms with Gasteiger partial charge in [0.2, 0.25) is 0 Å². The minimum absolute atomic E-state index is 0.0498. The second-order valence-electron chi connectivity index (χ2n) is 6.88. The first-order chi connectivity index (χ1) is 12.2. The number of carbonyl (C=O) groups excluding carboxylic acids is 1.